The van der Waals surface area contributed by atoms with Gasteiger partial charge in [0.2, 0.25) is 0 Å². The first-order chi connectivity index (χ1) is 15.7. The summed E-state index contributed by atoms with van der Waals surface area (Å²) in [6.07, 6.45) is 0. The van der Waals surface area contributed by atoms with E-state index in [0.29, 0.717) is 22.6 Å². The van der Waals surface area contributed by atoms with Crippen molar-refractivity contribution in [3.05, 3.63) is 86.1 Å². The molecule has 0 aliphatic rings. The summed E-state index contributed by atoms with van der Waals surface area (Å²) in [5.41, 5.74) is 22.8. The second kappa shape index (κ2) is 27.5. The van der Waals surface area contributed by atoms with Gasteiger partial charge >= 0.3 is 41.5 Å². The number of carboxylic acid groups (broad SMARTS) is 2. The smallest absolute Gasteiger partial charge is 0.497 e. The minimum Gasteiger partial charge on any atom is -0.497 e. The second-order valence-corrected chi connectivity index (χ2v) is 6.20. The van der Waals surface area contributed by atoms with Crippen LogP contribution in [0.2, 0.25) is 0 Å². The van der Waals surface area contributed by atoms with Gasteiger partial charge < -0.3 is 30.7 Å². The molecule has 2 aromatic rings. The molecular formula is C19H24BrN6NaO6S3. The third-order valence-electron chi connectivity index (χ3n) is 3.46. The number of benzene rings is 2. The zero-order chi connectivity index (χ0) is 25.8. The molecular weight excluding hydrogens is 607 g/mol. The van der Waals surface area contributed by atoms with E-state index in [9.17, 15) is 9.59 Å². The fraction of sp³-hybridized carbons (Fsp3) is 0.263. The number of nitrogens with zero attached hydrogens (tertiary/aromatic N) is 6. The summed E-state index contributed by atoms with van der Waals surface area (Å²) >= 11 is 10.4. The van der Waals surface area contributed by atoms with Crippen LogP contribution in [0.5, 0.6) is 11.5 Å². The standard InChI is InChI=1S/C9H9BrO3.C9H9N3O3.CH4.N3.Na.S2.H2S/c1-13-7-4-2-6(3-5-7)8(10)9(11)12;1-15-7-4-2-6(3-5-7)8(9(13)14)11-12-10;;1-3-2;;1-2;/h2-5,8H,1H3,(H,11,12);2-5,8H,1H3,(H,13,14);1H4;;;;1H2/q;;;-1;+1;;. The normalized spacial score (nSPS) is 9.42. The number of aliphatic carboxylic acids is 2. The zero-order valence-electron chi connectivity index (χ0n) is 18.7. The van der Waals surface area contributed by atoms with Gasteiger partial charge in [-0.3, -0.25) is 14.5 Å². The van der Waals surface area contributed by atoms with Crippen molar-refractivity contribution in [2.75, 3.05) is 14.2 Å². The van der Waals surface area contributed by atoms with Gasteiger partial charge in [-0.05, 0) is 40.9 Å². The Hall–Kier alpha value is -2.13. The van der Waals surface area contributed by atoms with E-state index in [-0.39, 0.29) is 50.5 Å². The maximum absolute atomic E-state index is 10.7. The molecule has 2 rings (SSSR count). The van der Waals surface area contributed by atoms with E-state index >= 15 is 0 Å². The molecule has 192 valence electrons. The van der Waals surface area contributed by atoms with Crippen LogP contribution in [0.1, 0.15) is 29.4 Å². The molecule has 0 heterocycles. The number of carbonyl (C=O) groups is 2. The van der Waals surface area contributed by atoms with Crippen molar-refractivity contribution in [2.45, 2.75) is 18.3 Å². The van der Waals surface area contributed by atoms with E-state index in [4.69, 9.17) is 36.3 Å². The van der Waals surface area contributed by atoms with Gasteiger partial charge in [-0.1, -0.05) is 52.7 Å². The number of carboxylic acids is 2. The summed E-state index contributed by atoms with van der Waals surface area (Å²) in [5, 5.41) is 20.7. The van der Waals surface area contributed by atoms with E-state index in [0.717, 1.165) is 0 Å². The van der Waals surface area contributed by atoms with E-state index < -0.39 is 22.8 Å². The Kier molecular flexibility index (Phi) is 33.5. The molecule has 0 spiro atoms. The Morgan fingerprint density at radius 1 is 0.889 bits per heavy atom. The van der Waals surface area contributed by atoms with Crippen molar-refractivity contribution in [3.8, 4) is 11.5 Å². The summed E-state index contributed by atoms with van der Waals surface area (Å²) in [7, 11) is 3.08. The summed E-state index contributed by atoms with van der Waals surface area (Å²) in [5.74, 6) is -0.749. The van der Waals surface area contributed by atoms with Gasteiger partial charge in [0.25, 0.3) is 0 Å². The first kappa shape index (κ1) is 43.9. The fourth-order valence-electron chi connectivity index (χ4n) is 2.01. The van der Waals surface area contributed by atoms with Crippen molar-refractivity contribution in [3.63, 3.8) is 0 Å². The molecule has 0 saturated heterocycles. The molecule has 0 bridgehead atoms. The van der Waals surface area contributed by atoms with E-state index in [1.807, 2.05) is 0 Å². The first-order valence-corrected chi connectivity index (χ1v) is 10.6. The van der Waals surface area contributed by atoms with Crippen LogP contribution < -0.4 is 39.0 Å². The van der Waals surface area contributed by atoms with Crippen molar-refractivity contribution in [1.82, 2.24) is 0 Å². The van der Waals surface area contributed by atoms with Crippen LogP contribution >= 0.6 is 29.4 Å². The number of ether oxygens (including phenoxy) is 2. The number of hydrogen-bond acceptors (Lipinski definition) is 7. The first-order valence-electron chi connectivity index (χ1n) is 8.32. The molecule has 2 atom stereocenters. The maximum atomic E-state index is 10.7. The Morgan fingerprint density at radius 3 is 1.47 bits per heavy atom. The summed E-state index contributed by atoms with van der Waals surface area (Å²) in [6.45, 7) is 0. The van der Waals surface area contributed by atoms with Gasteiger partial charge in [0.1, 0.15) is 16.3 Å². The molecule has 0 aromatic heterocycles. The van der Waals surface area contributed by atoms with Crippen LogP contribution in [-0.4, -0.2) is 36.4 Å². The molecule has 0 aliphatic carbocycles. The molecule has 0 amide bonds. The third kappa shape index (κ3) is 18.2. The molecule has 0 fully saturated rings. The molecule has 2 N–H and O–H groups in total. The average Bonchev–Trinajstić information content (AvgIpc) is 2.84. The van der Waals surface area contributed by atoms with Crippen molar-refractivity contribution >= 4 is 63.7 Å². The van der Waals surface area contributed by atoms with Gasteiger partial charge in [0, 0.05) is 27.3 Å². The largest absolute Gasteiger partial charge is 1.00 e. The Bertz CT molecular complexity index is 961. The number of azide groups is 1. The number of hydrogen-bond donors (Lipinski definition) is 2. The Morgan fingerprint density at radius 2 is 1.22 bits per heavy atom. The van der Waals surface area contributed by atoms with Gasteiger partial charge in [0.15, 0.2) is 6.04 Å². The van der Waals surface area contributed by atoms with Gasteiger partial charge in [-0.15, -0.1) is 0 Å². The van der Waals surface area contributed by atoms with Crippen molar-refractivity contribution < 1.29 is 58.8 Å². The van der Waals surface area contributed by atoms with Gasteiger partial charge in [-0.2, -0.15) is 13.5 Å². The minimum absolute atomic E-state index is 0. The van der Waals surface area contributed by atoms with Crippen molar-refractivity contribution in [1.29, 1.82) is 0 Å². The van der Waals surface area contributed by atoms with Crippen LogP contribution in [-0.2, 0) is 32.0 Å². The van der Waals surface area contributed by atoms with Crippen LogP contribution in [0.4, 0.5) is 0 Å². The second-order valence-electron chi connectivity index (χ2n) is 5.28. The summed E-state index contributed by atoms with van der Waals surface area (Å²) in [4.78, 5) is 24.7. The van der Waals surface area contributed by atoms with Crippen LogP contribution in [0.15, 0.2) is 53.6 Å². The van der Waals surface area contributed by atoms with Gasteiger partial charge in [0.05, 0.1) is 14.2 Å². The molecule has 2 aromatic carbocycles. The monoisotopic (exact) mass is 630 g/mol. The van der Waals surface area contributed by atoms with Crippen LogP contribution in [0.25, 0.3) is 26.4 Å². The van der Waals surface area contributed by atoms with E-state index in [2.05, 4.69) is 48.3 Å². The molecule has 0 saturated carbocycles. The molecule has 36 heavy (non-hydrogen) atoms. The SMILES string of the molecule is C.COc1ccc(C(Br)C(=O)O)cc1.COc1ccc(C(N=[N+]=[N-])C(=O)O)cc1.S.S=S.[N-]=[N+]=[N-].[Na+]. The number of alkyl halides is 1. The molecule has 17 heteroatoms. The quantitative estimate of drug-likeness (QED) is 0.153. The third-order valence-corrected chi connectivity index (χ3v) is 4.38. The summed E-state index contributed by atoms with van der Waals surface area (Å²) in [6, 6.07) is 12.0. The van der Waals surface area contributed by atoms with Gasteiger partial charge in [-0.25, -0.2) is 0 Å². The predicted octanol–water partition coefficient (Wildman–Crippen LogP) is 2.96. The number of methoxy groups -OCH3 is 2. The van der Waals surface area contributed by atoms with Crippen molar-refractivity contribution in [2.24, 2.45) is 5.11 Å². The molecule has 12 nitrogen and oxygen atoms in total. The van der Waals surface area contributed by atoms with E-state index in [1.54, 1.807) is 55.6 Å². The number of halogens is 1. The average molecular weight is 632 g/mol. The zero-order valence-corrected chi connectivity index (χ0v) is 24.9. The van der Waals surface area contributed by atoms with E-state index in [1.165, 1.54) is 12.0 Å². The number of rotatable bonds is 7. The topological polar surface area (TPSA) is 201 Å². The fourth-order valence-corrected chi connectivity index (χ4v) is 2.32. The summed E-state index contributed by atoms with van der Waals surface area (Å²) < 4.78 is 9.87. The Labute approximate surface area is 256 Å². The molecule has 2 unspecified atom stereocenters. The maximum Gasteiger partial charge on any atom is 1.00 e. The van der Waals surface area contributed by atoms with Crippen LogP contribution in [0.3, 0.4) is 0 Å². The Balaban J connectivity index is -0.000000142. The van der Waals surface area contributed by atoms with Crippen LogP contribution in [0, 0.1) is 0 Å². The molecule has 0 radical (unpaired) electrons. The minimum atomic E-state index is -1.19. The predicted molar refractivity (Wildman–Crippen MR) is 147 cm³/mol. The molecule has 0 aliphatic heterocycles.